The molecule has 11 heavy (non-hydrogen) atoms. The molecule has 0 amide bonds. The molecule has 0 aliphatic carbocycles. The largest absolute Gasteiger partial charge is 0.390 e. The lowest BCUT2D eigenvalue weighted by Crippen LogP contribution is -2.28. The molecule has 0 spiro atoms. The molecule has 1 aliphatic rings. The maximum atomic E-state index is 3.96. The third-order valence-corrected chi connectivity index (χ3v) is 2.53. The number of hydrogen-bond acceptors (Lipinski definition) is 1. The Kier molecular flexibility index (Phi) is 2.38. The van der Waals surface area contributed by atoms with Crippen molar-refractivity contribution in [2.75, 3.05) is 6.54 Å². The Bertz CT molecular complexity index is 191. The normalized spacial score (nSPS) is 30.6. The van der Waals surface area contributed by atoms with Gasteiger partial charge in [0.2, 0.25) is 0 Å². The van der Waals surface area contributed by atoms with Crippen molar-refractivity contribution in [2.24, 2.45) is 11.8 Å². The lowest BCUT2D eigenvalue weighted by atomic mass is 9.84. The standard InChI is InChI=1S/C10H17N/c1-7(2)10-6-11-5-8(3)9(10)4/h6,8-9,11H,1,5H2,2-4H3. The first-order chi connectivity index (χ1) is 5.13. The molecule has 2 unspecified atom stereocenters. The van der Waals surface area contributed by atoms with Crippen molar-refractivity contribution in [1.82, 2.24) is 5.32 Å². The molecule has 0 aromatic carbocycles. The Balaban J connectivity index is 2.78. The summed E-state index contributed by atoms with van der Waals surface area (Å²) in [5.41, 5.74) is 2.57. The van der Waals surface area contributed by atoms with E-state index in [9.17, 15) is 0 Å². The summed E-state index contributed by atoms with van der Waals surface area (Å²) in [5.74, 6) is 1.39. The highest BCUT2D eigenvalue weighted by molar-refractivity contribution is 5.29. The van der Waals surface area contributed by atoms with E-state index in [0.717, 1.165) is 12.5 Å². The fourth-order valence-electron chi connectivity index (χ4n) is 1.48. The van der Waals surface area contributed by atoms with E-state index in [2.05, 4.69) is 38.9 Å². The zero-order chi connectivity index (χ0) is 8.43. The molecule has 1 nitrogen and oxygen atoms in total. The lowest BCUT2D eigenvalue weighted by molar-refractivity contribution is 0.408. The second-order valence-electron chi connectivity index (χ2n) is 3.55. The molecule has 2 atom stereocenters. The van der Waals surface area contributed by atoms with Crippen molar-refractivity contribution in [3.8, 4) is 0 Å². The molecule has 0 radical (unpaired) electrons. The summed E-state index contributed by atoms with van der Waals surface area (Å²) >= 11 is 0. The van der Waals surface area contributed by atoms with Crippen LogP contribution in [0.4, 0.5) is 0 Å². The van der Waals surface area contributed by atoms with Crippen LogP contribution in [0.5, 0.6) is 0 Å². The van der Waals surface area contributed by atoms with Gasteiger partial charge in [0.15, 0.2) is 0 Å². The van der Waals surface area contributed by atoms with Crippen molar-refractivity contribution in [3.05, 3.63) is 23.9 Å². The quantitative estimate of drug-likeness (QED) is 0.606. The molecule has 62 valence electrons. The van der Waals surface area contributed by atoms with Crippen LogP contribution in [-0.2, 0) is 0 Å². The van der Waals surface area contributed by atoms with Gasteiger partial charge in [0.05, 0.1) is 0 Å². The van der Waals surface area contributed by atoms with E-state index in [1.54, 1.807) is 0 Å². The van der Waals surface area contributed by atoms with Gasteiger partial charge < -0.3 is 5.32 Å². The van der Waals surface area contributed by atoms with Gasteiger partial charge in [0.25, 0.3) is 0 Å². The fraction of sp³-hybridized carbons (Fsp3) is 0.600. The third-order valence-electron chi connectivity index (χ3n) is 2.53. The molecule has 0 fully saturated rings. The summed E-state index contributed by atoms with van der Waals surface area (Å²) < 4.78 is 0. The number of rotatable bonds is 1. The van der Waals surface area contributed by atoms with Gasteiger partial charge in [0, 0.05) is 12.7 Å². The van der Waals surface area contributed by atoms with Gasteiger partial charge in [-0.3, -0.25) is 0 Å². The van der Waals surface area contributed by atoms with Crippen LogP contribution in [0.15, 0.2) is 23.9 Å². The zero-order valence-corrected chi connectivity index (χ0v) is 7.65. The van der Waals surface area contributed by atoms with Gasteiger partial charge in [0.1, 0.15) is 0 Å². The maximum absolute atomic E-state index is 3.96. The van der Waals surface area contributed by atoms with Gasteiger partial charge in [-0.25, -0.2) is 0 Å². The van der Waals surface area contributed by atoms with Crippen molar-refractivity contribution in [3.63, 3.8) is 0 Å². The highest BCUT2D eigenvalue weighted by atomic mass is 14.8. The second kappa shape index (κ2) is 3.12. The highest BCUT2D eigenvalue weighted by Gasteiger charge is 2.19. The molecule has 1 rings (SSSR count). The van der Waals surface area contributed by atoms with E-state index >= 15 is 0 Å². The fourth-order valence-corrected chi connectivity index (χ4v) is 1.48. The Labute approximate surface area is 69.2 Å². The first-order valence-corrected chi connectivity index (χ1v) is 4.22. The SMILES string of the molecule is C=C(C)C1=CNCC(C)C1C. The molecule has 0 bridgehead atoms. The first kappa shape index (κ1) is 8.38. The van der Waals surface area contributed by atoms with Gasteiger partial charge in [-0.15, -0.1) is 0 Å². The average Bonchev–Trinajstić information content (AvgIpc) is 1.94. The van der Waals surface area contributed by atoms with Gasteiger partial charge >= 0.3 is 0 Å². The average molecular weight is 151 g/mol. The molecule has 1 N–H and O–H groups in total. The minimum absolute atomic E-state index is 0.661. The monoisotopic (exact) mass is 151 g/mol. The van der Waals surface area contributed by atoms with Crippen LogP contribution in [0.3, 0.4) is 0 Å². The third kappa shape index (κ3) is 1.65. The van der Waals surface area contributed by atoms with Crippen LogP contribution in [0.2, 0.25) is 0 Å². The minimum atomic E-state index is 0.661. The molecule has 1 heteroatoms. The molecule has 0 aromatic rings. The van der Waals surface area contributed by atoms with Crippen molar-refractivity contribution in [2.45, 2.75) is 20.8 Å². The van der Waals surface area contributed by atoms with Gasteiger partial charge in [-0.05, 0) is 24.3 Å². The van der Waals surface area contributed by atoms with Crippen LogP contribution in [0.25, 0.3) is 0 Å². The lowest BCUT2D eigenvalue weighted by Gasteiger charge is -2.28. The van der Waals surface area contributed by atoms with Crippen molar-refractivity contribution < 1.29 is 0 Å². The predicted octanol–water partition coefficient (Wildman–Crippen LogP) is 2.32. The summed E-state index contributed by atoms with van der Waals surface area (Å²) in [5, 5.41) is 3.27. The van der Waals surface area contributed by atoms with Crippen molar-refractivity contribution in [1.29, 1.82) is 0 Å². The molecule has 0 saturated heterocycles. The van der Waals surface area contributed by atoms with Crippen LogP contribution < -0.4 is 5.32 Å². The van der Waals surface area contributed by atoms with E-state index in [4.69, 9.17) is 0 Å². The maximum Gasteiger partial charge on any atom is 0.0173 e. The molecular weight excluding hydrogens is 134 g/mol. The van der Waals surface area contributed by atoms with Crippen LogP contribution in [0.1, 0.15) is 20.8 Å². The van der Waals surface area contributed by atoms with E-state index in [-0.39, 0.29) is 0 Å². The topological polar surface area (TPSA) is 12.0 Å². The molecule has 1 heterocycles. The predicted molar refractivity (Wildman–Crippen MR) is 49.2 cm³/mol. The van der Waals surface area contributed by atoms with E-state index in [1.165, 1.54) is 11.1 Å². The summed E-state index contributed by atoms with van der Waals surface area (Å²) in [6, 6.07) is 0. The van der Waals surface area contributed by atoms with Gasteiger partial charge in [-0.1, -0.05) is 26.0 Å². The second-order valence-corrected chi connectivity index (χ2v) is 3.55. The van der Waals surface area contributed by atoms with Crippen LogP contribution in [0, 0.1) is 11.8 Å². The summed E-state index contributed by atoms with van der Waals surface area (Å²) in [7, 11) is 0. The first-order valence-electron chi connectivity index (χ1n) is 4.22. The molecule has 1 aliphatic heterocycles. The Morgan fingerprint density at radius 2 is 2.27 bits per heavy atom. The summed E-state index contributed by atoms with van der Waals surface area (Å²) in [6.45, 7) is 11.7. The van der Waals surface area contributed by atoms with Crippen LogP contribution >= 0.6 is 0 Å². The van der Waals surface area contributed by atoms with Crippen LogP contribution in [-0.4, -0.2) is 6.54 Å². The Morgan fingerprint density at radius 3 is 2.73 bits per heavy atom. The Hall–Kier alpha value is -0.720. The number of nitrogens with one attached hydrogen (secondary N) is 1. The number of allylic oxidation sites excluding steroid dienone is 2. The van der Waals surface area contributed by atoms with Gasteiger partial charge in [-0.2, -0.15) is 0 Å². The van der Waals surface area contributed by atoms with E-state index in [0.29, 0.717) is 5.92 Å². The van der Waals surface area contributed by atoms with E-state index in [1.807, 2.05) is 0 Å². The zero-order valence-electron chi connectivity index (χ0n) is 7.65. The Morgan fingerprint density at radius 1 is 1.64 bits per heavy atom. The van der Waals surface area contributed by atoms with Crippen molar-refractivity contribution >= 4 is 0 Å². The molecule has 0 saturated carbocycles. The molecular formula is C10H17N. The molecule has 0 aromatic heterocycles. The summed E-state index contributed by atoms with van der Waals surface area (Å²) in [6.07, 6.45) is 2.10. The minimum Gasteiger partial charge on any atom is -0.390 e. The van der Waals surface area contributed by atoms with E-state index < -0.39 is 0 Å². The summed E-state index contributed by atoms with van der Waals surface area (Å²) in [4.78, 5) is 0. The smallest absolute Gasteiger partial charge is 0.0173 e. The highest BCUT2D eigenvalue weighted by Crippen LogP contribution is 2.26. The number of hydrogen-bond donors (Lipinski definition) is 1.